The van der Waals surface area contributed by atoms with Crippen molar-refractivity contribution in [1.82, 2.24) is 0 Å². The van der Waals surface area contributed by atoms with E-state index in [-0.39, 0.29) is 30.3 Å². The van der Waals surface area contributed by atoms with Gasteiger partial charge in [-0.15, -0.1) is 12.4 Å². The number of aromatic hydroxyl groups is 2. The maximum absolute atomic E-state index is 11.0. The van der Waals surface area contributed by atoms with E-state index in [1.165, 1.54) is 19.2 Å². The van der Waals surface area contributed by atoms with E-state index in [1.54, 1.807) is 6.07 Å². The molecule has 0 aliphatic heterocycles. The summed E-state index contributed by atoms with van der Waals surface area (Å²) in [5.41, 5.74) is 6.18. The lowest BCUT2D eigenvalue weighted by Gasteiger charge is -2.09. The van der Waals surface area contributed by atoms with Crippen LogP contribution in [0.2, 0.25) is 0 Å². The molecule has 0 aliphatic rings. The highest BCUT2D eigenvalue weighted by Crippen LogP contribution is 2.25. The first-order chi connectivity index (χ1) is 7.04. The highest BCUT2D eigenvalue weighted by molar-refractivity contribution is 5.85. The normalized spacial score (nSPS) is 11.4. The van der Waals surface area contributed by atoms with Gasteiger partial charge in [0.2, 0.25) is 0 Å². The second-order valence-electron chi connectivity index (χ2n) is 3.16. The first-order valence-corrected chi connectivity index (χ1v) is 4.39. The average molecular weight is 248 g/mol. The summed E-state index contributed by atoms with van der Waals surface area (Å²) in [6, 6.07) is 3.52. The zero-order valence-corrected chi connectivity index (χ0v) is 9.53. The third-order valence-corrected chi connectivity index (χ3v) is 2.00. The number of hydrogen-bond donors (Lipinski definition) is 3. The summed E-state index contributed by atoms with van der Waals surface area (Å²) in [6.45, 7) is 0. The van der Waals surface area contributed by atoms with E-state index in [0.717, 1.165) is 0 Å². The first kappa shape index (κ1) is 14.5. The molecule has 0 aromatic heterocycles. The number of rotatable bonds is 3. The molecular formula is C10H14ClNO4. The molecule has 0 bridgehead atoms. The Kier molecular flexibility index (Phi) is 5.63. The summed E-state index contributed by atoms with van der Waals surface area (Å²) >= 11 is 0. The molecule has 16 heavy (non-hydrogen) atoms. The number of carbonyl (C=O) groups is 1. The molecule has 0 amide bonds. The van der Waals surface area contributed by atoms with Crippen LogP contribution < -0.4 is 5.73 Å². The molecule has 1 aromatic carbocycles. The van der Waals surface area contributed by atoms with Crippen LogP contribution in [0.1, 0.15) is 5.56 Å². The fourth-order valence-electron chi connectivity index (χ4n) is 1.18. The van der Waals surface area contributed by atoms with Crippen molar-refractivity contribution in [3.05, 3.63) is 23.8 Å². The number of nitrogens with two attached hydrogens (primary N) is 1. The smallest absolute Gasteiger partial charge is 0.322 e. The predicted octanol–water partition coefficient (Wildman–Crippen LogP) is 0.562. The van der Waals surface area contributed by atoms with Crippen molar-refractivity contribution in [2.75, 3.05) is 7.11 Å². The molecule has 0 aliphatic carbocycles. The fourth-order valence-corrected chi connectivity index (χ4v) is 1.18. The third kappa shape index (κ3) is 3.60. The molecule has 0 spiro atoms. The van der Waals surface area contributed by atoms with Gasteiger partial charge in [0.15, 0.2) is 11.5 Å². The largest absolute Gasteiger partial charge is 0.504 e. The Balaban J connectivity index is 0.00000225. The quantitative estimate of drug-likeness (QED) is 0.536. The number of hydrogen-bond acceptors (Lipinski definition) is 5. The van der Waals surface area contributed by atoms with Gasteiger partial charge in [0, 0.05) is 0 Å². The summed E-state index contributed by atoms with van der Waals surface area (Å²) in [5, 5.41) is 18.3. The number of ether oxygens (including phenoxy) is 1. The minimum Gasteiger partial charge on any atom is -0.504 e. The number of benzene rings is 1. The SMILES string of the molecule is COC(=O)[C@H](N)Cc1ccc(O)c(O)c1.Cl. The molecule has 1 aromatic rings. The lowest BCUT2D eigenvalue weighted by atomic mass is 10.1. The van der Waals surface area contributed by atoms with Crippen LogP contribution >= 0.6 is 12.4 Å². The number of carbonyl (C=O) groups excluding carboxylic acids is 1. The minimum atomic E-state index is -0.765. The lowest BCUT2D eigenvalue weighted by Crippen LogP contribution is -2.33. The average Bonchev–Trinajstić information content (AvgIpc) is 2.22. The van der Waals surface area contributed by atoms with Crippen molar-refractivity contribution in [1.29, 1.82) is 0 Å². The summed E-state index contributed by atoms with van der Waals surface area (Å²) in [7, 11) is 1.26. The molecule has 1 atom stereocenters. The van der Waals surface area contributed by atoms with Crippen LogP contribution in [0.25, 0.3) is 0 Å². The molecule has 0 saturated carbocycles. The second kappa shape index (κ2) is 6.19. The van der Waals surface area contributed by atoms with Crippen molar-refractivity contribution < 1.29 is 19.7 Å². The monoisotopic (exact) mass is 247 g/mol. The van der Waals surface area contributed by atoms with Crippen LogP contribution in [0.15, 0.2) is 18.2 Å². The summed E-state index contributed by atoms with van der Waals surface area (Å²) in [5.74, 6) is -0.947. The van der Waals surface area contributed by atoms with Crippen LogP contribution in [-0.2, 0) is 16.0 Å². The van der Waals surface area contributed by atoms with Crippen LogP contribution in [0.4, 0.5) is 0 Å². The molecule has 0 saturated heterocycles. The van der Waals surface area contributed by atoms with E-state index >= 15 is 0 Å². The number of phenols is 2. The van der Waals surface area contributed by atoms with Crippen molar-refractivity contribution in [2.24, 2.45) is 5.73 Å². The van der Waals surface area contributed by atoms with Gasteiger partial charge in [0.25, 0.3) is 0 Å². The Morgan fingerprint density at radius 1 is 1.44 bits per heavy atom. The summed E-state index contributed by atoms with van der Waals surface area (Å²) < 4.78 is 4.46. The van der Waals surface area contributed by atoms with Crippen molar-refractivity contribution in [3.8, 4) is 11.5 Å². The van der Waals surface area contributed by atoms with E-state index in [9.17, 15) is 9.90 Å². The van der Waals surface area contributed by atoms with Crippen molar-refractivity contribution >= 4 is 18.4 Å². The lowest BCUT2D eigenvalue weighted by molar-refractivity contribution is -0.142. The zero-order valence-electron chi connectivity index (χ0n) is 8.71. The van der Waals surface area contributed by atoms with Gasteiger partial charge in [-0.2, -0.15) is 0 Å². The number of methoxy groups -OCH3 is 1. The molecule has 0 heterocycles. The molecule has 4 N–H and O–H groups in total. The van der Waals surface area contributed by atoms with E-state index in [0.29, 0.717) is 5.56 Å². The van der Waals surface area contributed by atoms with E-state index in [1.807, 2.05) is 0 Å². The summed E-state index contributed by atoms with van der Waals surface area (Å²) in [6.07, 6.45) is 0.251. The highest BCUT2D eigenvalue weighted by atomic mass is 35.5. The van der Waals surface area contributed by atoms with Gasteiger partial charge in [-0.25, -0.2) is 0 Å². The van der Waals surface area contributed by atoms with Gasteiger partial charge in [-0.3, -0.25) is 4.79 Å². The Labute approximate surface area is 99.2 Å². The minimum absolute atomic E-state index is 0. The van der Waals surface area contributed by atoms with Gasteiger partial charge in [-0.1, -0.05) is 6.07 Å². The molecule has 1 rings (SSSR count). The second-order valence-corrected chi connectivity index (χ2v) is 3.16. The fraction of sp³-hybridized carbons (Fsp3) is 0.300. The summed E-state index contributed by atoms with van der Waals surface area (Å²) in [4.78, 5) is 11.0. The van der Waals surface area contributed by atoms with Crippen molar-refractivity contribution in [3.63, 3.8) is 0 Å². The molecule has 0 unspecified atom stereocenters. The maximum atomic E-state index is 11.0. The van der Waals surface area contributed by atoms with Gasteiger partial charge >= 0.3 is 5.97 Å². The molecule has 90 valence electrons. The highest BCUT2D eigenvalue weighted by Gasteiger charge is 2.14. The Bertz CT molecular complexity index is 370. The molecule has 0 fully saturated rings. The third-order valence-electron chi connectivity index (χ3n) is 2.00. The maximum Gasteiger partial charge on any atom is 0.322 e. The van der Waals surface area contributed by atoms with Gasteiger partial charge in [-0.05, 0) is 24.1 Å². The van der Waals surface area contributed by atoms with Crippen LogP contribution in [-0.4, -0.2) is 29.3 Å². The van der Waals surface area contributed by atoms with E-state index in [4.69, 9.17) is 10.8 Å². The predicted molar refractivity (Wildman–Crippen MR) is 60.7 cm³/mol. The van der Waals surface area contributed by atoms with E-state index in [2.05, 4.69) is 4.74 Å². The standard InChI is InChI=1S/C10H13NO4.ClH/c1-15-10(14)7(11)4-6-2-3-8(12)9(13)5-6;/h2-3,5,7,12-13H,4,11H2,1H3;1H/t7-;/m1./s1. The van der Waals surface area contributed by atoms with Gasteiger partial charge < -0.3 is 20.7 Å². The molecular weight excluding hydrogens is 234 g/mol. The van der Waals surface area contributed by atoms with Gasteiger partial charge in [0.05, 0.1) is 7.11 Å². The molecule has 0 radical (unpaired) electrons. The molecule has 5 nitrogen and oxygen atoms in total. The number of esters is 1. The van der Waals surface area contributed by atoms with Crippen molar-refractivity contribution in [2.45, 2.75) is 12.5 Å². The van der Waals surface area contributed by atoms with Crippen LogP contribution in [0.3, 0.4) is 0 Å². The Hall–Kier alpha value is -1.46. The molecule has 6 heteroatoms. The number of phenolic OH excluding ortho intramolecular Hbond substituents is 2. The van der Waals surface area contributed by atoms with E-state index < -0.39 is 12.0 Å². The van der Waals surface area contributed by atoms with Gasteiger partial charge in [0.1, 0.15) is 6.04 Å². The first-order valence-electron chi connectivity index (χ1n) is 4.39. The van der Waals surface area contributed by atoms with Crippen LogP contribution in [0.5, 0.6) is 11.5 Å². The van der Waals surface area contributed by atoms with Crippen LogP contribution in [0, 0.1) is 0 Å². The number of halogens is 1. The Morgan fingerprint density at radius 3 is 2.56 bits per heavy atom. The Morgan fingerprint density at radius 2 is 2.06 bits per heavy atom. The topological polar surface area (TPSA) is 92.8 Å². The zero-order chi connectivity index (χ0) is 11.4.